The van der Waals surface area contributed by atoms with E-state index in [1.54, 1.807) is 0 Å². The van der Waals surface area contributed by atoms with Crippen molar-refractivity contribution in [2.24, 2.45) is 0 Å². The quantitative estimate of drug-likeness (QED) is 0.611. The van der Waals surface area contributed by atoms with E-state index in [9.17, 15) is 4.79 Å². The van der Waals surface area contributed by atoms with Crippen molar-refractivity contribution < 1.29 is 4.79 Å². The summed E-state index contributed by atoms with van der Waals surface area (Å²) in [6.07, 6.45) is 1.54. The van der Waals surface area contributed by atoms with Gasteiger partial charge in [-0.15, -0.1) is 11.6 Å². The van der Waals surface area contributed by atoms with Crippen LogP contribution in [0.5, 0.6) is 0 Å². The first-order valence-electron chi connectivity index (χ1n) is 4.48. The lowest BCUT2D eigenvalue weighted by atomic mass is 10.2. The summed E-state index contributed by atoms with van der Waals surface area (Å²) in [5.41, 5.74) is 0. The molecule has 0 atom stereocenters. The molecule has 0 aliphatic heterocycles. The Balaban J connectivity index is 4.00. The van der Waals surface area contributed by atoms with Crippen LogP contribution in [0.3, 0.4) is 0 Å². The molecule has 0 saturated carbocycles. The van der Waals surface area contributed by atoms with Crippen molar-refractivity contribution in [1.29, 1.82) is 0 Å². The van der Waals surface area contributed by atoms with Gasteiger partial charge in [0.15, 0.2) is 0 Å². The van der Waals surface area contributed by atoms with Crippen LogP contribution in [0.4, 0.5) is 0 Å². The topological polar surface area (TPSA) is 20.3 Å². The molecule has 0 heterocycles. The molecule has 0 radical (unpaired) electrons. The number of hydrogen-bond acceptors (Lipinski definition) is 1. The van der Waals surface area contributed by atoms with Crippen molar-refractivity contribution in [1.82, 2.24) is 4.90 Å². The van der Waals surface area contributed by atoms with Crippen LogP contribution in [0.1, 0.15) is 33.6 Å². The van der Waals surface area contributed by atoms with Crippen molar-refractivity contribution in [3.05, 3.63) is 0 Å². The largest absolute Gasteiger partial charge is 0.339 e. The first kappa shape index (κ1) is 11.8. The van der Waals surface area contributed by atoms with Crippen LogP contribution in [-0.4, -0.2) is 29.3 Å². The van der Waals surface area contributed by atoms with Gasteiger partial charge in [-0.05, 0) is 20.3 Å². The Morgan fingerprint density at radius 2 is 2.08 bits per heavy atom. The van der Waals surface area contributed by atoms with E-state index in [2.05, 4.69) is 0 Å². The maximum absolute atomic E-state index is 11.4. The van der Waals surface area contributed by atoms with E-state index >= 15 is 0 Å². The van der Waals surface area contributed by atoms with E-state index in [0.29, 0.717) is 18.8 Å². The molecule has 2 nitrogen and oxygen atoms in total. The SMILES string of the molecule is CCCC(=O)N(CCCl)C(C)C. The second-order valence-corrected chi connectivity index (χ2v) is 3.50. The molecule has 0 aliphatic carbocycles. The fourth-order valence-electron chi connectivity index (χ4n) is 1.12. The van der Waals surface area contributed by atoms with Gasteiger partial charge < -0.3 is 4.90 Å². The predicted molar refractivity (Wildman–Crippen MR) is 52.5 cm³/mol. The smallest absolute Gasteiger partial charge is 0.222 e. The number of hydrogen-bond donors (Lipinski definition) is 0. The molecular weight excluding hydrogens is 174 g/mol. The molecule has 0 rings (SSSR count). The van der Waals surface area contributed by atoms with Crippen LogP contribution in [-0.2, 0) is 4.79 Å². The van der Waals surface area contributed by atoms with Gasteiger partial charge in [0.1, 0.15) is 0 Å². The summed E-state index contributed by atoms with van der Waals surface area (Å²) in [4.78, 5) is 13.3. The minimum Gasteiger partial charge on any atom is -0.339 e. The zero-order valence-corrected chi connectivity index (χ0v) is 8.90. The Hall–Kier alpha value is -0.240. The summed E-state index contributed by atoms with van der Waals surface area (Å²) in [6.45, 7) is 6.70. The Labute approximate surface area is 79.9 Å². The van der Waals surface area contributed by atoms with E-state index < -0.39 is 0 Å². The number of alkyl halides is 1. The number of halogens is 1. The minimum absolute atomic E-state index is 0.216. The number of nitrogens with zero attached hydrogens (tertiary/aromatic N) is 1. The molecule has 0 spiro atoms. The summed E-state index contributed by atoms with van der Waals surface area (Å²) < 4.78 is 0. The lowest BCUT2D eigenvalue weighted by molar-refractivity contribution is -0.132. The number of amides is 1. The first-order valence-corrected chi connectivity index (χ1v) is 5.02. The van der Waals surface area contributed by atoms with Crippen molar-refractivity contribution in [3.8, 4) is 0 Å². The fourth-order valence-corrected chi connectivity index (χ4v) is 1.30. The van der Waals surface area contributed by atoms with Crippen LogP contribution < -0.4 is 0 Å². The maximum Gasteiger partial charge on any atom is 0.222 e. The van der Waals surface area contributed by atoms with E-state index in [1.165, 1.54) is 0 Å². The number of carbonyl (C=O) groups excluding carboxylic acids is 1. The molecule has 0 aromatic carbocycles. The highest BCUT2D eigenvalue weighted by Crippen LogP contribution is 2.03. The Morgan fingerprint density at radius 1 is 1.50 bits per heavy atom. The molecule has 0 aliphatic rings. The van der Waals surface area contributed by atoms with Gasteiger partial charge in [0.25, 0.3) is 0 Å². The molecule has 72 valence electrons. The molecule has 1 amide bonds. The van der Waals surface area contributed by atoms with Gasteiger partial charge in [-0.1, -0.05) is 6.92 Å². The summed E-state index contributed by atoms with van der Waals surface area (Å²) >= 11 is 5.59. The standard InChI is InChI=1S/C9H18ClNO/c1-4-5-9(12)11(7-6-10)8(2)3/h8H,4-7H2,1-3H3. The molecule has 0 unspecified atom stereocenters. The molecule has 0 aromatic heterocycles. The Kier molecular flexibility index (Phi) is 6.17. The van der Waals surface area contributed by atoms with Gasteiger partial charge in [-0.25, -0.2) is 0 Å². The summed E-state index contributed by atoms with van der Waals surface area (Å²) in [5.74, 6) is 0.737. The fraction of sp³-hybridized carbons (Fsp3) is 0.889. The molecule has 0 fully saturated rings. The van der Waals surface area contributed by atoms with E-state index in [-0.39, 0.29) is 11.9 Å². The Bertz CT molecular complexity index is 136. The average Bonchev–Trinajstić information content (AvgIpc) is 1.99. The van der Waals surface area contributed by atoms with Crippen LogP contribution in [0, 0.1) is 0 Å². The molecule has 0 aromatic rings. The van der Waals surface area contributed by atoms with E-state index in [0.717, 1.165) is 6.42 Å². The second kappa shape index (κ2) is 6.30. The van der Waals surface area contributed by atoms with Crippen LogP contribution in [0.25, 0.3) is 0 Å². The molecule has 0 bridgehead atoms. The first-order chi connectivity index (χ1) is 5.63. The summed E-state index contributed by atoms with van der Waals surface area (Å²) in [7, 11) is 0. The highest BCUT2D eigenvalue weighted by molar-refractivity contribution is 6.18. The zero-order chi connectivity index (χ0) is 9.56. The van der Waals surface area contributed by atoms with Gasteiger partial charge in [-0.3, -0.25) is 4.79 Å². The van der Waals surface area contributed by atoms with Crippen molar-refractivity contribution in [2.45, 2.75) is 39.7 Å². The third-order valence-corrected chi connectivity index (χ3v) is 1.90. The van der Waals surface area contributed by atoms with Gasteiger partial charge in [0.05, 0.1) is 0 Å². The number of rotatable bonds is 5. The van der Waals surface area contributed by atoms with E-state index in [1.807, 2.05) is 25.7 Å². The highest BCUT2D eigenvalue weighted by atomic mass is 35.5. The molecular formula is C9H18ClNO. The average molecular weight is 192 g/mol. The van der Waals surface area contributed by atoms with Crippen molar-refractivity contribution in [3.63, 3.8) is 0 Å². The molecule has 3 heteroatoms. The second-order valence-electron chi connectivity index (χ2n) is 3.12. The van der Waals surface area contributed by atoms with Crippen molar-refractivity contribution >= 4 is 17.5 Å². The summed E-state index contributed by atoms with van der Waals surface area (Å²) in [5, 5.41) is 0. The maximum atomic E-state index is 11.4. The third kappa shape index (κ3) is 3.96. The lowest BCUT2D eigenvalue weighted by Gasteiger charge is -2.25. The van der Waals surface area contributed by atoms with Gasteiger partial charge in [0, 0.05) is 24.9 Å². The minimum atomic E-state index is 0.216. The van der Waals surface area contributed by atoms with Crippen LogP contribution >= 0.6 is 11.6 Å². The van der Waals surface area contributed by atoms with Gasteiger partial charge in [-0.2, -0.15) is 0 Å². The van der Waals surface area contributed by atoms with Gasteiger partial charge >= 0.3 is 0 Å². The molecule has 0 N–H and O–H groups in total. The van der Waals surface area contributed by atoms with Gasteiger partial charge in [0.2, 0.25) is 5.91 Å². The van der Waals surface area contributed by atoms with Crippen molar-refractivity contribution in [2.75, 3.05) is 12.4 Å². The van der Waals surface area contributed by atoms with E-state index in [4.69, 9.17) is 11.6 Å². The Morgan fingerprint density at radius 3 is 2.42 bits per heavy atom. The van der Waals surface area contributed by atoms with Crippen LogP contribution in [0.2, 0.25) is 0 Å². The molecule has 0 saturated heterocycles. The molecule has 12 heavy (non-hydrogen) atoms. The summed E-state index contributed by atoms with van der Waals surface area (Å²) in [6, 6.07) is 0.266. The highest BCUT2D eigenvalue weighted by Gasteiger charge is 2.14. The lowest BCUT2D eigenvalue weighted by Crippen LogP contribution is -2.38. The number of carbonyl (C=O) groups is 1. The predicted octanol–water partition coefficient (Wildman–Crippen LogP) is 2.26. The normalized spacial score (nSPS) is 10.4. The monoisotopic (exact) mass is 191 g/mol. The third-order valence-electron chi connectivity index (χ3n) is 1.73. The zero-order valence-electron chi connectivity index (χ0n) is 8.14. The van der Waals surface area contributed by atoms with Crippen LogP contribution in [0.15, 0.2) is 0 Å².